The van der Waals surface area contributed by atoms with Crippen LogP contribution in [0.2, 0.25) is 0 Å². The Balaban J connectivity index is 1.55. The molecule has 0 aliphatic carbocycles. The molecule has 0 saturated carbocycles. The molecule has 1 unspecified atom stereocenters. The van der Waals surface area contributed by atoms with Crippen LogP contribution in [0.15, 0.2) is 24.4 Å². The molecular weight excluding hydrogens is 372 g/mol. The zero-order valence-corrected chi connectivity index (χ0v) is 17.7. The molecule has 152 valence electrons. The largest absolute Gasteiger partial charge is 0.328 e. The maximum atomic E-state index is 13.5. The first-order valence-corrected chi connectivity index (χ1v) is 11.5. The van der Waals surface area contributed by atoms with Crippen LogP contribution in [0.25, 0.3) is 0 Å². The number of amides is 3. The van der Waals surface area contributed by atoms with Crippen LogP contribution >= 0.6 is 11.8 Å². The van der Waals surface area contributed by atoms with Crippen LogP contribution in [0.1, 0.15) is 38.8 Å². The molecule has 28 heavy (non-hydrogen) atoms. The molecule has 1 atom stereocenters. The first kappa shape index (κ1) is 19.7. The molecule has 6 nitrogen and oxygen atoms in total. The van der Waals surface area contributed by atoms with Crippen molar-refractivity contribution in [3.63, 3.8) is 0 Å². The molecule has 1 aromatic rings. The highest BCUT2D eigenvalue weighted by atomic mass is 32.2. The van der Waals surface area contributed by atoms with Gasteiger partial charge in [-0.15, -0.1) is 0 Å². The van der Waals surface area contributed by atoms with E-state index >= 15 is 0 Å². The standard InChI is InChI=1S/C21H30N4O2S/c1-16(2)13-25-20(27)24(14-17-5-3-4-9-22-17)19(26)21(25)7-10-23(11-8-21)18-6-12-28-15-18/h3-5,9,16,18H,6-8,10-15H2,1-2H3. The summed E-state index contributed by atoms with van der Waals surface area (Å²) >= 11 is 2.02. The summed E-state index contributed by atoms with van der Waals surface area (Å²) in [4.78, 5) is 37.0. The van der Waals surface area contributed by atoms with Gasteiger partial charge in [0.1, 0.15) is 5.54 Å². The van der Waals surface area contributed by atoms with E-state index in [1.54, 1.807) is 6.20 Å². The van der Waals surface area contributed by atoms with Gasteiger partial charge in [0, 0.05) is 37.6 Å². The summed E-state index contributed by atoms with van der Waals surface area (Å²) in [6, 6.07) is 6.11. The Morgan fingerprint density at radius 3 is 2.64 bits per heavy atom. The number of hydrogen-bond donors (Lipinski definition) is 0. The summed E-state index contributed by atoms with van der Waals surface area (Å²) in [5, 5.41) is 0. The third-order valence-corrected chi connectivity index (χ3v) is 7.41. The topological polar surface area (TPSA) is 56.8 Å². The smallest absolute Gasteiger partial charge is 0.309 e. The van der Waals surface area contributed by atoms with Crippen LogP contribution in [-0.4, -0.2) is 74.3 Å². The van der Waals surface area contributed by atoms with E-state index in [1.165, 1.54) is 22.8 Å². The Morgan fingerprint density at radius 1 is 1.25 bits per heavy atom. The van der Waals surface area contributed by atoms with Crippen LogP contribution in [0.4, 0.5) is 4.79 Å². The van der Waals surface area contributed by atoms with Gasteiger partial charge >= 0.3 is 6.03 Å². The minimum atomic E-state index is -0.668. The Morgan fingerprint density at radius 2 is 2.04 bits per heavy atom. The number of piperidine rings is 1. The molecule has 0 aromatic carbocycles. The van der Waals surface area contributed by atoms with E-state index in [9.17, 15) is 9.59 Å². The van der Waals surface area contributed by atoms with Crippen molar-refractivity contribution in [2.24, 2.45) is 5.92 Å². The minimum absolute atomic E-state index is 0.0238. The molecule has 3 amide bonds. The number of nitrogens with zero attached hydrogens (tertiary/aromatic N) is 4. The number of urea groups is 1. The second-order valence-corrected chi connectivity index (χ2v) is 9.73. The lowest BCUT2D eigenvalue weighted by Gasteiger charge is -2.44. The Hall–Kier alpha value is -1.60. The Labute approximate surface area is 171 Å². The highest BCUT2D eigenvalue weighted by Crippen LogP contribution is 2.39. The molecule has 0 radical (unpaired) electrons. The fourth-order valence-corrected chi connectivity index (χ4v) is 6.00. The third-order valence-electron chi connectivity index (χ3n) is 6.26. The van der Waals surface area contributed by atoms with Gasteiger partial charge in [-0.25, -0.2) is 4.79 Å². The Kier molecular flexibility index (Phi) is 5.65. The molecule has 0 N–H and O–H groups in total. The molecule has 1 spiro atoms. The summed E-state index contributed by atoms with van der Waals surface area (Å²) < 4.78 is 0. The normalized spacial score (nSPS) is 25.5. The van der Waals surface area contributed by atoms with E-state index in [0.717, 1.165) is 31.6 Å². The zero-order valence-electron chi connectivity index (χ0n) is 16.8. The summed E-state index contributed by atoms with van der Waals surface area (Å²) in [7, 11) is 0. The van der Waals surface area contributed by atoms with E-state index in [4.69, 9.17) is 0 Å². The highest BCUT2D eigenvalue weighted by molar-refractivity contribution is 7.99. The van der Waals surface area contributed by atoms with Crippen molar-refractivity contribution in [1.82, 2.24) is 19.7 Å². The summed E-state index contributed by atoms with van der Waals surface area (Å²) in [6.07, 6.45) is 4.43. The van der Waals surface area contributed by atoms with Gasteiger partial charge in [-0.2, -0.15) is 11.8 Å². The van der Waals surface area contributed by atoms with Crippen molar-refractivity contribution in [3.8, 4) is 0 Å². The van der Waals surface area contributed by atoms with Gasteiger partial charge in [0.15, 0.2) is 0 Å². The molecule has 4 heterocycles. The lowest BCUT2D eigenvalue weighted by Crippen LogP contribution is -2.58. The van der Waals surface area contributed by atoms with Crippen LogP contribution < -0.4 is 0 Å². The molecule has 3 saturated heterocycles. The molecular formula is C21H30N4O2S. The maximum absolute atomic E-state index is 13.5. The highest BCUT2D eigenvalue weighted by Gasteiger charge is 2.58. The average Bonchev–Trinajstić information content (AvgIpc) is 3.29. The molecule has 3 aliphatic rings. The monoisotopic (exact) mass is 402 g/mol. The van der Waals surface area contributed by atoms with Gasteiger partial charge in [0.2, 0.25) is 0 Å². The van der Waals surface area contributed by atoms with Gasteiger partial charge < -0.3 is 4.90 Å². The van der Waals surface area contributed by atoms with Crippen molar-refractivity contribution in [2.45, 2.75) is 51.2 Å². The predicted molar refractivity (Wildman–Crippen MR) is 111 cm³/mol. The number of carbonyl (C=O) groups excluding carboxylic acids is 2. The van der Waals surface area contributed by atoms with Gasteiger partial charge in [-0.1, -0.05) is 19.9 Å². The van der Waals surface area contributed by atoms with Gasteiger partial charge in [-0.3, -0.25) is 19.6 Å². The van der Waals surface area contributed by atoms with Crippen molar-refractivity contribution in [2.75, 3.05) is 31.1 Å². The second kappa shape index (κ2) is 8.03. The molecule has 7 heteroatoms. The molecule has 0 bridgehead atoms. The molecule has 4 rings (SSSR count). The van der Waals surface area contributed by atoms with E-state index in [2.05, 4.69) is 23.7 Å². The maximum Gasteiger partial charge on any atom is 0.328 e. The molecule has 3 aliphatic heterocycles. The number of carbonyl (C=O) groups is 2. The third kappa shape index (κ3) is 3.54. The van der Waals surface area contributed by atoms with Gasteiger partial charge in [0.05, 0.1) is 12.2 Å². The number of pyridine rings is 1. The lowest BCUT2D eigenvalue weighted by atomic mass is 9.84. The van der Waals surface area contributed by atoms with E-state index in [1.807, 2.05) is 34.9 Å². The van der Waals surface area contributed by atoms with Gasteiger partial charge in [0.25, 0.3) is 5.91 Å². The number of hydrogen-bond acceptors (Lipinski definition) is 5. The minimum Gasteiger partial charge on any atom is -0.309 e. The van der Waals surface area contributed by atoms with E-state index in [-0.39, 0.29) is 18.5 Å². The lowest BCUT2D eigenvalue weighted by molar-refractivity contribution is -0.136. The SMILES string of the molecule is CC(C)CN1C(=O)N(Cc2ccccn2)C(=O)C12CCN(C1CCSC1)CC2. The quantitative estimate of drug-likeness (QED) is 0.709. The summed E-state index contributed by atoms with van der Waals surface area (Å²) in [5.74, 6) is 2.74. The van der Waals surface area contributed by atoms with Crippen molar-refractivity contribution >= 4 is 23.7 Å². The number of rotatable bonds is 5. The van der Waals surface area contributed by atoms with Crippen molar-refractivity contribution in [1.29, 1.82) is 0 Å². The van der Waals surface area contributed by atoms with Crippen molar-refractivity contribution < 1.29 is 9.59 Å². The van der Waals surface area contributed by atoms with E-state index < -0.39 is 5.54 Å². The van der Waals surface area contributed by atoms with Gasteiger partial charge in [-0.05, 0) is 43.1 Å². The van der Waals surface area contributed by atoms with Crippen LogP contribution in [0.5, 0.6) is 0 Å². The van der Waals surface area contributed by atoms with Crippen LogP contribution in [0.3, 0.4) is 0 Å². The molecule has 1 aromatic heterocycles. The van der Waals surface area contributed by atoms with Crippen LogP contribution in [0, 0.1) is 5.92 Å². The van der Waals surface area contributed by atoms with Crippen LogP contribution in [-0.2, 0) is 11.3 Å². The number of thioether (sulfide) groups is 1. The van der Waals surface area contributed by atoms with E-state index in [0.29, 0.717) is 18.5 Å². The number of imide groups is 1. The first-order valence-electron chi connectivity index (χ1n) is 10.4. The predicted octanol–water partition coefficient (Wildman–Crippen LogP) is 2.84. The second-order valence-electron chi connectivity index (χ2n) is 8.58. The Bertz CT molecular complexity index is 712. The first-order chi connectivity index (χ1) is 13.5. The van der Waals surface area contributed by atoms with Crippen molar-refractivity contribution in [3.05, 3.63) is 30.1 Å². The summed E-state index contributed by atoms with van der Waals surface area (Å²) in [6.45, 7) is 6.91. The number of likely N-dealkylation sites (tertiary alicyclic amines) is 1. The average molecular weight is 403 g/mol. The zero-order chi connectivity index (χ0) is 19.7. The fourth-order valence-electron chi connectivity index (χ4n) is 4.75. The summed E-state index contributed by atoms with van der Waals surface area (Å²) in [5.41, 5.74) is 0.0874. The molecule has 3 fully saturated rings. The fraction of sp³-hybridized carbons (Fsp3) is 0.667. The number of aromatic nitrogens is 1.